The van der Waals surface area contributed by atoms with Crippen LogP contribution in [-0.4, -0.2) is 17.1 Å². The first-order valence-corrected chi connectivity index (χ1v) is 7.13. The molecule has 104 valence electrons. The zero-order valence-corrected chi connectivity index (χ0v) is 11.9. The van der Waals surface area contributed by atoms with Gasteiger partial charge in [-0.25, -0.2) is 0 Å². The number of hydrogen-bond acceptors (Lipinski definition) is 2. The Morgan fingerprint density at radius 3 is 2.79 bits per heavy atom. The quantitative estimate of drug-likeness (QED) is 0.877. The third kappa shape index (κ3) is 2.91. The molecule has 1 aromatic rings. The minimum Gasteiger partial charge on any atom is -0.507 e. The van der Waals surface area contributed by atoms with Crippen LogP contribution >= 0.6 is 0 Å². The van der Waals surface area contributed by atoms with E-state index in [9.17, 15) is 9.90 Å². The molecule has 0 heterocycles. The number of amides is 1. The molecule has 1 aliphatic rings. The molecule has 2 N–H and O–H groups in total. The zero-order valence-electron chi connectivity index (χ0n) is 11.9. The molecular formula is C16H23NO2. The summed E-state index contributed by atoms with van der Waals surface area (Å²) in [6.45, 7) is 6.33. The largest absolute Gasteiger partial charge is 0.507 e. The highest BCUT2D eigenvalue weighted by molar-refractivity contribution is 5.97. The molecule has 3 unspecified atom stereocenters. The van der Waals surface area contributed by atoms with Crippen LogP contribution in [0.3, 0.4) is 0 Å². The fourth-order valence-electron chi connectivity index (χ4n) is 3.11. The Morgan fingerprint density at radius 2 is 2.16 bits per heavy atom. The summed E-state index contributed by atoms with van der Waals surface area (Å²) in [6, 6.07) is 5.35. The van der Waals surface area contributed by atoms with Gasteiger partial charge in [-0.05, 0) is 43.7 Å². The molecule has 0 radical (unpaired) electrons. The molecule has 0 bridgehead atoms. The molecule has 19 heavy (non-hydrogen) atoms. The van der Waals surface area contributed by atoms with Crippen LogP contribution in [-0.2, 0) is 0 Å². The molecule has 0 saturated heterocycles. The van der Waals surface area contributed by atoms with Crippen molar-refractivity contribution in [2.45, 2.75) is 46.1 Å². The van der Waals surface area contributed by atoms with Gasteiger partial charge in [0.2, 0.25) is 0 Å². The average molecular weight is 261 g/mol. The minimum absolute atomic E-state index is 0.0563. The Balaban J connectivity index is 2.07. The summed E-state index contributed by atoms with van der Waals surface area (Å²) in [4.78, 5) is 12.2. The molecule has 3 nitrogen and oxygen atoms in total. The molecule has 1 aromatic carbocycles. The third-order valence-electron chi connectivity index (χ3n) is 4.46. The van der Waals surface area contributed by atoms with Crippen LogP contribution in [0.2, 0.25) is 0 Å². The van der Waals surface area contributed by atoms with Crippen LogP contribution in [0.4, 0.5) is 0 Å². The van der Waals surface area contributed by atoms with E-state index in [1.807, 2.05) is 6.92 Å². The number of rotatable bonds is 3. The van der Waals surface area contributed by atoms with Crippen molar-refractivity contribution in [3.63, 3.8) is 0 Å². The molecular weight excluding hydrogens is 238 g/mol. The molecule has 0 spiro atoms. The van der Waals surface area contributed by atoms with Crippen LogP contribution in [0, 0.1) is 18.8 Å². The third-order valence-corrected chi connectivity index (χ3v) is 4.46. The number of carbonyl (C=O) groups is 1. The van der Waals surface area contributed by atoms with Gasteiger partial charge in [0.1, 0.15) is 5.75 Å². The first-order chi connectivity index (χ1) is 9.02. The van der Waals surface area contributed by atoms with Gasteiger partial charge in [0.25, 0.3) is 5.91 Å². The van der Waals surface area contributed by atoms with E-state index in [1.54, 1.807) is 18.2 Å². The lowest BCUT2D eigenvalue weighted by Crippen LogP contribution is -2.37. The molecule has 3 atom stereocenters. The summed E-state index contributed by atoms with van der Waals surface area (Å²) in [5, 5.41) is 12.9. The highest BCUT2D eigenvalue weighted by Gasteiger charge is 2.32. The van der Waals surface area contributed by atoms with Gasteiger partial charge in [-0.15, -0.1) is 0 Å². The smallest absolute Gasteiger partial charge is 0.255 e. The summed E-state index contributed by atoms with van der Waals surface area (Å²) < 4.78 is 0. The summed E-state index contributed by atoms with van der Waals surface area (Å²) in [5.74, 6) is 1.12. The van der Waals surface area contributed by atoms with Gasteiger partial charge in [-0.2, -0.15) is 0 Å². The summed E-state index contributed by atoms with van der Waals surface area (Å²) in [5.41, 5.74) is 1.36. The number of benzene rings is 1. The van der Waals surface area contributed by atoms with Gasteiger partial charge in [0.05, 0.1) is 5.56 Å². The normalized spacial score (nSPS) is 26.4. The molecule has 1 fully saturated rings. The van der Waals surface area contributed by atoms with Crippen molar-refractivity contribution in [1.82, 2.24) is 5.32 Å². The second kappa shape index (κ2) is 5.64. The van der Waals surface area contributed by atoms with Gasteiger partial charge < -0.3 is 10.4 Å². The molecule has 0 aromatic heterocycles. The second-order valence-corrected chi connectivity index (χ2v) is 5.71. The van der Waals surface area contributed by atoms with Gasteiger partial charge in [-0.3, -0.25) is 4.79 Å². The standard InChI is InChI=1S/C16H23NO2/c1-4-12-6-7-14(11(12)3)17-16(19)13-9-10(2)5-8-15(13)18/h5,8-9,11-12,14,18H,4,6-7H2,1-3H3,(H,17,19). The summed E-state index contributed by atoms with van der Waals surface area (Å²) >= 11 is 0. The molecule has 2 rings (SSSR count). The van der Waals surface area contributed by atoms with E-state index in [0.717, 1.165) is 12.0 Å². The van der Waals surface area contributed by atoms with Gasteiger partial charge in [0.15, 0.2) is 0 Å². The topological polar surface area (TPSA) is 49.3 Å². The Labute approximate surface area is 115 Å². The monoisotopic (exact) mass is 261 g/mol. The lowest BCUT2D eigenvalue weighted by atomic mass is 9.93. The van der Waals surface area contributed by atoms with E-state index >= 15 is 0 Å². The van der Waals surface area contributed by atoms with E-state index in [-0.39, 0.29) is 17.7 Å². The first kappa shape index (κ1) is 13.9. The van der Waals surface area contributed by atoms with Crippen LogP contribution in [0.1, 0.15) is 49.0 Å². The van der Waals surface area contributed by atoms with Crippen LogP contribution < -0.4 is 5.32 Å². The zero-order chi connectivity index (χ0) is 14.0. The Morgan fingerprint density at radius 1 is 1.42 bits per heavy atom. The van der Waals surface area contributed by atoms with Crippen molar-refractivity contribution in [1.29, 1.82) is 0 Å². The van der Waals surface area contributed by atoms with Crippen LogP contribution in [0.15, 0.2) is 18.2 Å². The summed E-state index contributed by atoms with van der Waals surface area (Å²) in [7, 11) is 0. The number of nitrogens with one attached hydrogen (secondary N) is 1. The van der Waals surface area contributed by atoms with E-state index in [2.05, 4.69) is 19.2 Å². The predicted molar refractivity (Wildman–Crippen MR) is 76.3 cm³/mol. The molecule has 3 heteroatoms. The van der Waals surface area contributed by atoms with Crippen molar-refractivity contribution in [2.24, 2.45) is 11.8 Å². The van der Waals surface area contributed by atoms with E-state index < -0.39 is 0 Å². The second-order valence-electron chi connectivity index (χ2n) is 5.71. The number of carbonyl (C=O) groups excluding carboxylic acids is 1. The van der Waals surface area contributed by atoms with E-state index in [0.29, 0.717) is 17.4 Å². The van der Waals surface area contributed by atoms with E-state index in [4.69, 9.17) is 0 Å². The van der Waals surface area contributed by atoms with Crippen LogP contribution in [0.5, 0.6) is 5.75 Å². The van der Waals surface area contributed by atoms with Crippen molar-refractivity contribution >= 4 is 5.91 Å². The molecule has 1 saturated carbocycles. The number of phenols is 1. The maximum Gasteiger partial charge on any atom is 0.255 e. The highest BCUT2D eigenvalue weighted by Crippen LogP contribution is 2.34. The van der Waals surface area contributed by atoms with Gasteiger partial charge in [-0.1, -0.05) is 31.9 Å². The van der Waals surface area contributed by atoms with Crippen molar-refractivity contribution in [2.75, 3.05) is 0 Å². The number of aryl methyl sites for hydroxylation is 1. The summed E-state index contributed by atoms with van der Waals surface area (Å²) in [6.07, 6.45) is 3.39. The molecule has 1 aliphatic carbocycles. The SMILES string of the molecule is CCC1CCC(NC(=O)c2cc(C)ccc2O)C1C. The maximum atomic E-state index is 12.2. The van der Waals surface area contributed by atoms with Crippen molar-refractivity contribution < 1.29 is 9.90 Å². The Bertz CT molecular complexity index is 470. The number of hydrogen-bond donors (Lipinski definition) is 2. The molecule has 1 amide bonds. The Kier molecular flexibility index (Phi) is 4.13. The van der Waals surface area contributed by atoms with Crippen molar-refractivity contribution in [3.05, 3.63) is 29.3 Å². The van der Waals surface area contributed by atoms with Crippen LogP contribution in [0.25, 0.3) is 0 Å². The van der Waals surface area contributed by atoms with E-state index in [1.165, 1.54) is 12.8 Å². The predicted octanol–water partition coefficient (Wildman–Crippen LogP) is 3.26. The lowest BCUT2D eigenvalue weighted by Gasteiger charge is -2.21. The number of phenolic OH excluding ortho intramolecular Hbond substituents is 1. The first-order valence-electron chi connectivity index (χ1n) is 7.13. The maximum absolute atomic E-state index is 12.2. The minimum atomic E-state index is -0.158. The van der Waals surface area contributed by atoms with Gasteiger partial charge >= 0.3 is 0 Å². The number of aromatic hydroxyl groups is 1. The fraction of sp³-hybridized carbons (Fsp3) is 0.562. The fourth-order valence-corrected chi connectivity index (χ4v) is 3.11. The van der Waals surface area contributed by atoms with Gasteiger partial charge in [0, 0.05) is 6.04 Å². The average Bonchev–Trinajstić information content (AvgIpc) is 2.73. The lowest BCUT2D eigenvalue weighted by molar-refractivity contribution is 0.0924. The molecule has 0 aliphatic heterocycles. The Hall–Kier alpha value is -1.51. The highest BCUT2D eigenvalue weighted by atomic mass is 16.3. The van der Waals surface area contributed by atoms with Crippen molar-refractivity contribution in [3.8, 4) is 5.75 Å².